The fourth-order valence-electron chi connectivity index (χ4n) is 4.50. The molecule has 2 aliphatic heterocycles. The second kappa shape index (κ2) is 7.67. The van der Waals surface area contributed by atoms with Crippen molar-refractivity contribution in [1.82, 2.24) is 4.90 Å². The Morgan fingerprint density at radius 1 is 0.867 bits per heavy atom. The van der Waals surface area contributed by atoms with Crippen LogP contribution in [0, 0.1) is 30.4 Å². The molecule has 2 aromatic carbocycles. The molecule has 30 heavy (non-hydrogen) atoms. The third kappa shape index (κ3) is 3.51. The largest absolute Gasteiger partial charge is 0.366 e. The number of anilines is 1. The number of carbonyl (C=O) groups excluding carboxylic acids is 2. The summed E-state index contributed by atoms with van der Waals surface area (Å²) < 4.78 is 27.3. The first-order chi connectivity index (χ1) is 14.3. The Bertz CT molecular complexity index is 1040. The number of hydrogen-bond donors (Lipinski definition) is 0. The predicted octanol–water partition coefficient (Wildman–Crippen LogP) is 4.54. The van der Waals surface area contributed by atoms with Gasteiger partial charge in [-0.1, -0.05) is 43.7 Å². The van der Waals surface area contributed by atoms with E-state index in [2.05, 4.69) is 13.8 Å². The van der Waals surface area contributed by atoms with Crippen molar-refractivity contribution in [1.29, 1.82) is 0 Å². The van der Waals surface area contributed by atoms with Crippen molar-refractivity contribution in [3.05, 3.63) is 70.9 Å². The van der Waals surface area contributed by atoms with Gasteiger partial charge in [-0.3, -0.25) is 9.59 Å². The van der Waals surface area contributed by atoms with Gasteiger partial charge in [-0.25, -0.2) is 13.7 Å². The molecule has 2 atom stereocenters. The van der Waals surface area contributed by atoms with E-state index in [0.717, 1.165) is 29.0 Å². The van der Waals surface area contributed by atoms with E-state index < -0.39 is 23.4 Å². The number of rotatable bonds is 3. The fraction of sp³-hybridized carbons (Fsp3) is 0.333. The molecule has 156 valence electrons. The van der Waals surface area contributed by atoms with Crippen LogP contribution < -0.4 is 4.90 Å². The minimum Gasteiger partial charge on any atom is -0.366 e. The summed E-state index contributed by atoms with van der Waals surface area (Å²) in [5, 5.41) is 0. The van der Waals surface area contributed by atoms with Gasteiger partial charge in [0.05, 0.1) is 11.3 Å². The normalized spacial score (nSPS) is 22.3. The van der Waals surface area contributed by atoms with E-state index in [0.29, 0.717) is 41.8 Å². The minimum absolute atomic E-state index is 0.0293. The van der Waals surface area contributed by atoms with Crippen molar-refractivity contribution in [2.24, 2.45) is 11.8 Å². The molecule has 2 heterocycles. The SMILES string of the molecule is Cc1ccc(C2=C(N3CC(C)CC(C)C3)C(=O)N(c3ccc(F)c(F)c3)C2=O)cc1. The molecule has 2 unspecified atom stereocenters. The molecule has 0 spiro atoms. The number of amides is 2. The summed E-state index contributed by atoms with van der Waals surface area (Å²) in [6.07, 6.45) is 1.05. The minimum atomic E-state index is -1.10. The van der Waals surface area contributed by atoms with Crippen LogP contribution in [-0.4, -0.2) is 29.8 Å². The number of nitrogens with zero attached hydrogens (tertiary/aromatic N) is 2. The van der Waals surface area contributed by atoms with E-state index in [4.69, 9.17) is 0 Å². The van der Waals surface area contributed by atoms with E-state index in [-0.39, 0.29) is 5.69 Å². The van der Waals surface area contributed by atoms with Crippen LogP contribution in [0.5, 0.6) is 0 Å². The highest BCUT2D eigenvalue weighted by atomic mass is 19.2. The van der Waals surface area contributed by atoms with Gasteiger partial charge >= 0.3 is 0 Å². The molecule has 0 aromatic heterocycles. The van der Waals surface area contributed by atoms with Gasteiger partial charge in [0.25, 0.3) is 11.8 Å². The second-order valence-electron chi connectivity index (χ2n) is 8.48. The highest BCUT2D eigenvalue weighted by molar-refractivity contribution is 6.45. The van der Waals surface area contributed by atoms with E-state index in [1.54, 1.807) is 0 Å². The van der Waals surface area contributed by atoms with Gasteiger partial charge in [0.2, 0.25) is 0 Å². The summed E-state index contributed by atoms with van der Waals surface area (Å²) in [4.78, 5) is 29.8. The molecule has 4 nitrogen and oxygen atoms in total. The Hall–Kier alpha value is -3.02. The van der Waals surface area contributed by atoms with E-state index >= 15 is 0 Å². The molecule has 2 aliphatic rings. The maximum Gasteiger partial charge on any atom is 0.282 e. The average Bonchev–Trinajstić information content (AvgIpc) is 2.94. The van der Waals surface area contributed by atoms with Crippen molar-refractivity contribution in [2.75, 3.05) is 18.0 Å². The van der Waals surface area contributed by atoms with E-state index in [1.807, 2.05) is 36.1 Å². The molecule has 6 heteroatoms. The highest BCUT2D eigenvalue weighted by Crippen LogP contribution is 2.37. The Morgan fingerprint density at radius 3 is 2.10 bits per heavy atom. The first-order valence-corrected chi connectivity index (χ1v) is 10.2. The standard InChI is InChI=1S/C24H24F2N2O2/c1-14-4-6-17(7-5-14)21-22(27-12-15(2)10-16(3)13-27)24(30)28(23(21)29)18-8-9-19(25)20(26)11-18/h4-9,11,15-16H,10,12-13H2,1-3H3. The van der Waals surface area contributed by atoms with Crippen LogP contribution in [0.1, 0.15) is 31.4 Å². The molecule has 0 radical (unpaired) electrons. The first-order valence-electron chi connectivity index (χ1n) is 10.2. The summed E-state index contributed by atoms with van der Waals surface area (Å²) in [7, 11) is 0. The smallest absolute Gasteiger partial charge is 0.282 e. The number of carbonyl (C=O) groups is 2. The molecule has 2 amide bonds. The van der Waals surface area contributed by atoms with Crippen LogP contribution in [0.25, 0.3) is 5.57 Å². The summed E-state index contributed by atoms with van der Waals surface area (Å²) in [6.45, 7) is 7.54. The lowest BCUT2D eigenvalue weighted by Crippen LogP contribution is -2.42. The van der Waals surface area contributed by atoms with Gasteiger partial charge in [0, 0.05) is 19.2 Å². The fourth-order valence-corrected chi connectivity index (χ4v) is 4.50. The molecule has 0 aliphatic carbocycles. The lowest BCUT2D eigenvalue weighted by atomic mass is 9.91. The van der Waals surface area contributed by atoms with Crippen LogP contribution in [0.3, 0.4) is 0 Å². The maximum atomic E-state index is 13.9. The van der Waals surface area contributed by atoms with Gasteiger partial charge in [0.1, 0.15) is 5.70 Å². The average molecular weight is 410 g/mol. The number of hydrogen-bond acceptors (Lipinski definition) is 3. The van der Waals surface area contributed by atoms with Gasteiger partial charge < -0.3 is 4.90 Å². The molecule has 2 aromatic rings. The number of likely N-dealkylation sites (tertiary alicyclic amines) is 1. The summed E-state index contributed by atoms with van der Waals surface area (Å²) in [5.41, 5.74) is 2.36. The number of imide groups is 1. The summed E-state index contributed by atoms with van der Waals surface area (Å²) in [5.74, 6) is -2.39. The Labute approximate surface area is 174 Å². The van der Waals surface area contributed by atoms with Crippen LogP contribution >= 0.6 is 0 Å². The number of benzene rings is 2. The molecule has 0 bridgehead atoms. The van der Waals surface area contributed by atoms with Gasteiger partial charge in [-0.2, -0.15) is 0 Å². The second-order valence-corrected chi connectivity index (χ2v) is 8.48. The highest BCUT2D eigenvalue weighted by Gasteiger charge is 2.43. The quantitative estimate of drug-likeness (QED) is 0.698. The zero-order valence-corrected chi connectivity index (χ0v) is 17.3. The van der Waals surface area contributed by atoms with Crippen molar-refractivity contribution >= 4 is 23.1 Å². The lowest BCUT2D eigenvalue weighted by Gasteiger charge is -2.37. The predicted molar refractivity (Wildman–Crippen MR) is 111 cm³/mol. The third-order valence-electron chi connectivity index (χ3n) is 5.75. The number of aryl methyl sites for hydroxylation is 1. The zero-order valence-electron chi connectivity index (χ0n) is 17.3. The van der Waals surface area contributed by atoms with Crippen LogP contribution in [0.2, 0.25) is 0 Å². The summed E-state index contributed by atoms with van der Waals surface area (Å²) >= 11 is 0. The number of halogens is 2. The Morgan fingerprint density at radius 2 is 1.50 bits per heavy atom. The zero-order chi connectivity index (χ0) is 21.6. The van der Waals surface area contributed by atoms with Gasteiger partial charge in [-0.15, -0.1) is 0 Å². The topological polar surface area (TPSA) is 40.6 Å². The monoisotopic (exact) mass is 410 g/mol. The lowest BCUT2D eigenvalue weighted by molar-refractivity contribution is -0.120. The first kappa shape index (κ1) is 20.3. The van der Waals surface area contributed by atoms with Crippen molar-refractivity contribution in [3.63, 3.8) is 0 Å². The van der Waals surface area contributed by atoms with E-state index in [9.17, 15) is 18.4 Å². The van der Waals surface area contributed by atoms with Crippen molar-refractivity contribution in [3.8, 4) is 0 Å². The van der Waals surface area contributed by atoms with E-state index in [1.165, 1.54) is 6.07 Å². The Balaban J connectivity index is 1.84. The molecule has 4 rings (SSSR count). The molecule has 0 N–H and O–H groups in total. The molecule has 1 saturated heterocycles. The molecular formula is C24H24F2N2O2. The maximum absolute atomic E-state index is 13.9. The van der Waals surface area contributed by atoms with Gasteiger partial charge in [-0.05, 0) is 42.9 Å². The Kier molecular flexibility index (Phi) is 5.18. The number of piperidine rings is 1. The van der Waals surface area contributed by atoms with Gasteiger partial charge in [0.15, 0.2) is 11.6 Å². The molecule has 0 saturated carbocycles. The molecular weight excluding hydrogens is 386 g/mol. The van der Waals surface area contributed by atoms with Crippen LogP contribution in [-0.2, 0) is 9.59 Å². The third-order valence-corrected chi connectivity index (χ3v) is 5.75. The van der Waals surface area contributed by atoms with Crippen LogP contribution in [0.4, 0.5) is 14.5 Å². The van der Waals surface area contributed by atoms with Crippen LogP contribution in [0.15, 0.2) is 48.2 Å². The van der Waals surface area contributed by atoms with Crippen molar-refractivity contribution < 1.29 is 18.4 Å². The van der Waals surface area contributed by atoms with Crippen molar-refractivity contribution in [2.45, 2.75) is 27.2 Å². The summed E-state index contributed by atoms with van der Waals surface area (Å²) in [6, 6.07) is 10.5. The molecule has 1 fully saturated rings.